The lowest BCUT2D eigenvalue weighted by molar-refractivity contribution is -0.142. The van der Waals surface area contributed by atoms with Crippen molar-refractivity contribution < 1.29 is 24.2 Å². The molecule has 24 heavy (non-hydrogen) atoms. The van der Waals surface area contributed by atoms with Gasteiger partial charge in [-0.1, -0.05) is 6.42 Å². The summed E-state index contributed by atoms with van der Waals surface area (Å²) in [4.78, 5) is 23.5. The van der Waals surface area contributed by atoms with E-state index in [-0.39, 0.29) is 18.1 Å². The van der Waals surface area contributed by atoms with Crippen LogP contribution in [0.2, 0.25) is 0 Å². The number of carboxylic acids is 1. The summed E-state index contributed by atoms with van der Waals surface area (Å²) in [5.41, 5.74) is 0.519. The molecule has 1 aliphatic carbocycles. The van der Waals surface area contributed by atoms with Crippen molar-refractivity contribution in [1.82, 2.24) is 5.32 Å². The number of hydrogen-bond donors (Lipinski definition) is 2. The molecule has 0 unspecified atom stereocenters. The third kappa shape index (κ3) is 4.06. The van der Waals surface area contributed by atoms with E-state index in [9.17, 15) is 14.7 Å². The van der Waals surface area contributed by atoms with Gasteiger partial charge in [-0.25, -0.2) is 0 Å². The smallest absolute Gasteiger partial charge is 0.308 e. The van der Waals surface area contributed by atoms with Crippen LogP contribution in [0, 0.1) is 5.92 Å². The van der Waals surface area contributed by atoms with Crippen LogP contribution in [0.15, 0.2) is 24.3 Å². The molecule has 0 bridgehead atoms. The van der Waals surface area contributed by atoms with Gasteiger partial charge in [-0.15, -0.1) is 0 Å². The highest BCUT2D eigenvalue weighted by Gasteiger charge is 2.34. The molecule has 2 N–H and O–H groups in total. The molecule has 1 aromatic rings. The molecule has 2 atom stereocenters. The number of aliphatic carboxylic acids is 1. The van der Waals surface area contributed by atoms with Gasteiger partial charge in [0, 0.05) is 24.4 Å². The van der Waals surface area contributed by atoms with Crippen LogP contribution in [-0.2, 0) is 9.53 Å². The van der Waals surface area contributed by atoms with Crippen molar-refractivity contribution in [3.63, 3.8) is 0 Å². The van der Waals surface area contributed by atoms with Crippen molar-refractivity contribution in [2.45, 2.75) is 44.2 Å². The van der Waals surface area contributed by atoms with Crippen molar-refractivity contribution in [3.8, 4) is 5.75 Å². The maximum atomic E-state index is 12.3. The van der Waals surface area contributed by atoms with Gasteiger partial charge in [-0.05, 0) is 37.1 Å². The Morgan fingerprint density at radius 2 is 1.79 bits per heavy atom. The molecule has 1 heterocycles. The van der Waals surface area contributed by atoms with Gasteiger partial charge >= 0.3 is 5.97 Å². The van der Waals surface area contributed by atoms with Crippen LogP contribution in [0.3, 0.4) is 0 Å². The normalized spacial score (nSPS) is 24.5. The molecule has 0 radical (unpaired) electrons. The third-order valence-electron chi connectivity index (χ3n) is 4.74. The van der Waals surface area contributed by atoms with Crippen LogP contribution >= 0.6 is 0 Å². The number of hydrogen-bond acceptors (Lipinski definition) is 4. The fourth-order valence-corrected chi connectivity index (χ4v) is 3.35. The van der Waals surface area contributed by atoms with E-state index in [1.54, 1.807) is 24.3 Å². The fourth-order valence-electron chi connectivity index (χ4n) is 3.35. The number of rotatable bonds is 5. The Balaban J connectivity index is 1.56. The van der Waals surface area contributed by atoms with Gasteiger partial charge in [-0.2, -0.15) is 0 Å². The van der Waals surface area contributed by atoms with E-state index in [1.807, 2.05) is 0 Å². The Morgan fingerprint density at radius 3 is 2.46 bits per heavy atom. The van der Waals surface area contributed by atoms with Gasteiger partial charge in [0.15, 0.2) is 0 Å². The predicted molar refractivity (Wildman–Crippen MR) is 87.1 cm³/mol. The molecule has 130 valence electrons. The summed E-state index contributed by atoms with van der Waals surface area (Å²) in [7, 11) is 0. The second-order valence-corrected chi connectivity index (χ2v) is 6.41. The Hall–Kier alpha value is -2.08. The predicted octanol–water partition coefficient (Wildman–Crippen LogP) is 2.23. The third-order valence-corrected chi connectivity index (χ3v) is 4.74. The van der Waals surface area contributed by atoms with Crippen molar-refractivity contribution in [1.29, 1.82) is 0 Å². The summed E-state index contributed by atoms with van der Waals surface area (Å²) >= 11 is 0. The lowest BCUT2D eigenvalue weighted by Crippen LogP contribution is -2.40. The standard InChI is InChI=1S/C18H23NO5/c20-17(19-16-3-1-2-15(16)18(21)22)12-4-6-13(7-5-12)24-14-8-10-23-11-9-14/h4-7,14-16H,1-3,8-11H2,(H,19,20)(H,21,22)/t15-,16+/m1/s1. The van der Waals surface area contributed by atoms with Crippen molar-refractivity contribution in [3.05, 3.63) is 29.8 Å². The number of ether oxygens (including phenoxy) is 2. The van der Waals surface area contributed by atoms with Crippen molar-refractivity contribution in [2.75, 3.05) is 13.2 Å². The minimum atomic E-state index is -0.835. The highest BCUT2D eigenvalue weighted by molar-refractivity contribution is 5.94. The lowest BCUT2D eigenvalue weighted by atomic mass is 10.0. The molecule has 1 amide bonds. The molecule has 0 spiro atoms. The molecule has 6 heteroatoms. The van der Waals surface area contributed by atoms with E-state index in [0.717, 1.165) is 38.2 Å². The monoisotopic (exact) mass is 333 g/mol. The van der Waals surface area contributed by atoms with Gasteiger partial charge in [0.1, 0.15) is 11.9 Å². The second kappa shape index (κ2) is 7.66. The molecule has 2 fully saturated rings. The number of carbonyl (C=O) groups is 2. The molecular weight excluding hydrogens is 310 g/mol. The van der Waals surface area contributed by atoms with Gasteiger partial charge in [0.25, 0.3) is 5.91 Å². The lowest BCUT2D eigenvalue weighted by Gasteiger charge is -2.23. The summed E-state index contributed by atoms with van der Waals surface area (Å²) in [5.74, 6) is -0.809. The number of carboxylic acid groups (broad SMARTS) is 1. The van der Waals surface area contributed by atoms with Crippen LogP contribution in [-0.4, -0.2) is 42.3 Å². The Morgan fingerprint density at radius 1 is 1.08 bits per heavy atom. The zero-order chi connectivity index (χ0) is 16.9. The quantitative estimate of drug-likeness (QED) is 0.863. The first-order valence-electron chi connectivity index (χ1n) is 8.51. The molecule has 1 aromatic carbocycles. The van der Waals surface area contributed by atoms with Crippen molar-refractivity contribution >= 4 is 11.9 Å². The Bertz CT molecular complexity index is 580. The zero-order valence-electron chi connectivity index (χ0n) is 13.6. The summed E-state index contributed by atoms with van der Waals surface area (Å²) in [6.07, 6.45) is 4.08. The number of carbonyl (C=O) groups excluding carboxylic acids is 1. The van der Waals surface area contributed by atoms with Crippen LogP contribution < -0.4 is 10.1 Å². The number of nitrogens with one attached hydrogen (secondary N) is 1. The molecule has 2 aliphatic rings. The van der Waals surface area contributed by atoms with Crippen LogP contribution in [0.25, 0.3) is 0 Å². The first-order chi connectivity index (χ1) is 11.6. The number of benzene rings is 1. The number of amides is 1. The van der Waals surface area contributed by atoms with Gasteiger partial charge in [-0.3, -0.25) is 9.59 Å². The van der Waals surface area contributed by atoms with Gasteiger partial charge < -0.3 is 19.9 Å². The first-order valence-corrected chi connectivity index (χ1v) is 8.51. The average Bonchev–Trinajstić information content (AvgIpc) is 3.05. The van der Waals surface area contributed by atoms with E-state index < -0.39 is 11.9 Å². The minimum Gasteiger partial charge on any atom is -0.490 e. The summed E-state index contributed by atoms with van der Waals surface area (Å²) in [6, 6.07) is 6.72. The van der Waals surface area contributed by atoms with E-state index in [1.165, 1.54) is 0 Å². The van der Waals surface area contributed by atoms with Crippen molar-refractivity contribution in [2.24, 2.45) is 5.92 Å². The Kier molecular flexibility index (Phi) is 5.35. The highest BCUT2D eigenvalue weighted by atomic mass is 16.5. The maximum absolute atomic E-state index is 12.3. The Labute approximate surface area is 141 Å². The molecule has 1 aliphatic heterocycles. The molecule has 1 saturated heterocycles. The molecular formula is C18H23NO5. The van der Waals surface area contributed by atoms with Crippen LogP contribution in [0.4, 0.5) is 0 Å². The van der Waals surface area contributed by atoms with E-state index in [4.69, 9.17) is 9.47 Å². The largest absolute Gasteiger partial charge is 0.490 e. The fraction of sp³-hybridized carbons (Fsp3) is 0.556. The highest BCUT2D eigenvalue weighted by Crippen LogP contribution is 2.26. The topological polar surface area (TPSA) is 84.9 Å². The van der Waals surface area contributed by atoms with Gasteiger partial charge in [0.05, 0.1) is 19.1 Å². The van der Waals surface area contributed by atoms with Crippen LogP contribution in [0.1, 0.15) is 42.5 Å². The minimum absolute atomic E-state index is 0.160. The van der Waals surface area contributed by atoms with Gasteiger partial charge in [0.2, 0.25) is 0 Å². The van der Waals surface area contributed by atoms with E-state index >= 15 is 0 Å². The SMILES string of the molecule is O=C(N[C@H]1CCC[C@H]1C(=O)O)c1ccc(OC2CCOCC2)cc1. The van der Waals surface area contributed by atoms with E-state index in [2.05, 4.69) is 5.32 Å². The molecule has 1 saturated carbocycles. The molecule has 3 rings (SSSR count). The molecule has 6 nitrogen and oxygen atoms in total. The second-order valence-electron chi connectivity index (χ2n) is 6.41. The van der Waals surface area contributed by atoms with E-state index in [0.29, 0.717) is 18.4 Å². The average molecular weight is 333 g/mol. The summed E-state index contributed by atoms with van der Waals surface area (Å²) in [5, 5.41) is 12.0. The maximum Gasteiger partial charge on any atom is 0.308 e. The van der Waals surface area contributed by atoms with Crippen LogP contribution in [0.5, 0.6) is 5.75 Å². The summed E-state index contributed by atoms with van der Waals surface area (Å²) in [6.45, 7) is 1.44. The molecule has 0 aromatic heterocycles. The summed E-state index contributed by atoms with van der Waals surface area (Å²) < 4.78 is 11.2. The first kappa shape index (κ1) is 16.8. The zero-order valence-corrected chi connectivity index (χ0v) is 13.6.